The fourth-order valence-electron chi connectivity index (χ4n) is 2.51. The first-order valence-electron chi connectivity index (χ1n) is 9.40. The van der Waals surface area contributed by atoms with Crippen molar-refractivity contribution < 1.29 is 14.3 Å². The molecule has 0 aliphatic heterocycles. The van der Waals surface area contributed by atoms with Crippen molar-refractivity contribution in [2.45, 2.75) is 52.5 Å². The maximum absolute atomic E-state index is 12.1. The van der Waals surface area contributed by atoms with Gasteiger partial charge < -0.3 is 15.4 Å². The van der Waals surface area contributed by atoms with E-state index in [9.17, 15) is 9.59 Å². The molecule has 2 aromatic carbocycles. The van der Waals surface area contributed by atoms with Crippen LogP contribution in [0, 0.1) is 0 Å². The summed E-state index contributed by atoms with van der Waals surface area (Å²) in [6.45, 7) is 12.1. The SMILES string of the molecule is CC(C)(C)NC(=O)c1ccc(NC(=O)COc2ccc(C(C)(C)C)cc2)cc1. The number of ether oxygens (including phenoxy) is 1. The first-order valence-corrected chi connectivity index (χ1v) is 9.40. The average molecular weight is 383 g/mol. The van der Waals surface area contributed by atoms with Gasteiger partial charge in [0.2, 0.25) is 0 Å². The van der Waals surface area contributed by atoms with Gasteiger partial charge in [-0.2, -0.15) is 0 Å². The molecule has 5 heteroatoms. The number of hydrogen-bond donors (Lipinski definition) is 2. The van der Waals surface area contributed by atoms with Crippen molar-refractivity contribution in [2.24, 2.45) is 0 Å². The van der Waals surface area contributed by atoms with Gasteiger partial charge in [-0.15, -0.1) is 0 Å². The van der Waals surface area contributed by atoms with E-state index in [4.69, 9.17) is 4.74 Å². The average Bonchev–Trinajstić information content (AvgIpc) is 2.59. The Balaban J connectivity index is 1.87. The zero-order chi connectivity index (χ0) is 20.9. The molecule has 2 N–H and O–H groups in total. The lowest BCUT2D eigenvalue weighted by atomic mass is 9.87. The fourth-order valence-corrected chi connectivity index (χ4v) is 2.51. The number of nitrogens with one attached hydrogen (secondary N) is 2. The molecule has 0 atom stereocenters. The lowest BCUT2D eigenvalue weighted by molar-refractivity contribution is -0.118. The van der Waals surface area contributed by atoms with Crippen molar-refractivity contribution in [1.29, 1.82) is 0 Å². The first-order chi connectivity index (χ1) is 12.9. The van der Waals surface area contributed by atoms with E-state index in [0.29, 0.717) is 17.0 Å². The van der Waals surface area contributed by atoms with E-state index in [1.807, 2.05) is 45.0 Å². The van der Waals surface area contributed by atoms with Gasteiger partial charge in [-0.05, 0) is 68.1 Å². The van der Waals surface area contributed by atoms with Crippen molar-refractivity contribution in [3.05, 3.63) is 59.7 Å². The summed E-state index contributed by atoms with van der Waals surface area (Å²) in [4.78, 5) is 24.2. The Morgan fingerprint density at radius 1 is 0.857 bits per heavy atom. The molecular weight excluding hydrogens is 352 g/mol. The molecule has 0 bridgehead atoms. The summed E-state index contributed by atoms with van der Waals surface area (Å²) in [5.74, 6) is 0.247. The summed E-state index contributed by atoms with van der Waals surface area (Å²) in [5, 5.41) is 5.67. The van der Waals surface area contributed by atoms with Crippen LogP contribution < -0.4 is 15.4 Å². The highest BCUT2D eigenvalue weighted by Gasteiger charge is 2.15. The summed E-state index contributed by atoms with van der Waals surface area (Å²) < 4.78 is 5.55. The molecule has 28 heavy (non-hydrogen) atoms. The van der Waals surface area contributed by atoms with Crippen LogP contribution in [0.3, 0.4) is 0 Å². The Morgan fingerprint density at radius 2 is 1.43 bits per heavy atom. The molecular formula is C23H30N2O3. The van der Waals surface area contributed by atoms with E-state index < -0.39 is 0 Å². The number of carbonyl (C=O) groups excluding carboxylic acids is 2. The van der Waals surface area contributed by atoms with Crippen LogP contribution in [0.4, 0.5) is 5.69 Å². The van der Waals surface area contributed by atoms with Crippen LogP contribution in [0.25, 0.3) is 0 Å². The van der Waals surface area contributed by atoms with Crippen molar-refractivity contribution in [3.63, 3.8) is 0 Å². The van der Waals surface area contributed by atoms with Crippen molar-refractivity contribution in [2.75, 3.05) is 11.9 Å². The molecule has 150 valence electrons. The zero-order valence-corrected chi connectivity index (χ0v) is 17.6. The smallest absolute Gasteiger partial charge is 0.262 e. The molecule has 5 nitrogen and oxygen atoms in total. The van der Waals surface area contributed by atoms with E-state index in [1.165, 1.54) is 5.56 Å². The molecule has 0 saturated carbocycles. The number of hydrogen-bond acceptors (Lipinski definition) is 3. The van der Waals surface area contributed by atoms with Gasteiger partial charge in [0.1, 0.15) is 5.75 Å². The lowest BCUT2D eigenvalue weighted by Crippen LogP contribution is -2.40. The predicted octanol–water partition coefficient (Wildman–Crippen LogP) is 4.53. The Hall–Kier alpha value is -2.82. The fraction of sp³-hybridized carbons (Fsp3) is 0.391. The molecule has 0 unspecified atom stereocenters. The van der Waals surface area contributed by atoms with Crippen LogP contribution in [0.2, 0.25) is 0 Å². The molecule has 0 aliphatic carbocycles. The van der Waals surface area contributed by atoms with Gasteiger partial charge in [-0.25, -0.2) is 0 Å². The predicted molar refractivity (Wildman–Crippen MR) is 113 cm³/mol. The number of carbonyl (C=O) groups is 2. The maximum atomic E-state index is 12.1. The van der Waals surface area contributed by atoms with E-state index in [0.717, 1.165) is 0 Å². The Labute approximate surface area is 167 Å². The summed E-state index contributed by atoms with van der Waals surface area (Å²) in [5.41, 5.74) is 2.14. The quantitative estimate of drug-likeness (QED) is 0.798. The second-order valence-corrected chi connectivity index (χ2v) is 8.89. The maximum Gasteiger partial charge on any atom is 0.262 e. The monoisotopic (exact) mass is 382 g/mol. The van der Waals surface area contributed by atoms with Crippen molar-refractivity contribution >= 4 is 17.5 Å². The van der Waals surface area contributed by atoms with Gasteiger partial charge in [0.05, 0.1) is 0 Å². The highest BCUT2D eigenvalue weighted by atomic mass is 16.5. The van der Waals surface area contributed by atoms with Gasteiger partial charge >= 0.3 is 0 Å². The Kier molecular flexibility index (Phi) is 6.49. The number of anilines is 1. The topological polar surface area (TPSA) is 67.4 Å². The summed E-state index contributed by atoms with van der Waals surface area (Å²) in [6.07, 6.45) is 0. The molecule has 0 heterocycles. The minimum absolute atomic E-state index is 0.0752. The van der Waals surface area contributed by atoms with Gasteiger partial charge in [0, 0.05) is 16.8 Å². The highest BCUT2D eigenvalue weighted by molar-refractivity contribution is 5.96. The van der Waals surface area contributed by atoms with E-state index in [2.05, 4.69) is 31.4 Å². The number of benzene rings is 2. The number of amides is 2. The summed E-state index contributed by atoms with van der Waals surface area (Å²) in [6, 6.07) is 14.5. The molecule has 0 spiro atoms. The van der Waals surface area contributed by atoms with Crippen LogP contribution in [-0.2, 0) is 10.2 Å². The highest BCUT2D eigenvalue weighted by Crippen LogP contribution is 2.24. The van der Waals surface area contributed by atoms with E-state index in [1.54, 1.807) is 24.3 Å². The molecule has 2 aromatic rings. The van der Waals surface area contributed by atoms with Crippen LogP contribution in [0.15, 0.2) is 48.5 Å². The third kappa shape index (κ3) is 6.72. The van der Waals surface area contributed by atoms with Crippen molar-refractivity contribution in [1.82, 2.24) is 5.32 Å². The van der Waals surface area contributed by atoms with Crippen molar-refractivity contribution in [3.8, 4) is 5.75 Å². The molecule has 2 rings (SSSR count). The zero-order valence-electron chi connectivity index (χ0n) is 17.6. The Bertz CT molecular complexity index is 811. The molecule has 0 aromatic heterocycles. The third-order valence-corrected chi connectivity index (χ3v) is 4.01. The summed E-state index contributed by atoms with van der Waals surface area (Å²) >= 11 is 0. The van der Waals surface area contributed by atoms with E-state index in [-0.39, 0.29) is 29.4 Å². The van der Waals surface area contributed by atoms with E-state index >= 15 is 0 Å². The second kappa shape index (κ2) is 8.46. The normalized spacial score (nSPS) is 11.6. The minimum atomic E-state index is -0.299. The molecule has 0 saturated heterocycles. The summed E-state index contributed by atoms with van der Waals surface area (Å²) in [7, 11) is 0. The minimum Gasteiger partial charge on any atom is -0.484 e. The van der Waals surface area contributed by atoms with Crippen LogP contribution in [0.1, 0.15) is 57.5 Å². The lowest BCUT2D eigenvalue weighted by Gasteiger charge is -2.20. The molecule has 2 amide bonds. The standard InChI is InChI=1S/C23H30N2O3/c1-22(2,3)17-9-13-19(14-10-17)28-15-20(26)24-18-11-7-16(8-12-18)21(27)25-23(4,5)6/h7-14H,15H2,1-6H3,(H,24,26)(H,25,27). The van der Waals surface area contributed by atoms with Gasteiger partial charge in [0.25, 0.3) is 11.8 Å². The van der Waals surface area contributed by atoms with Gasteiger partial charge in [-0.1, -0.05) is 32.9 Å². The van der Waals surface area contributed by atoms with Gasteiger partial charge in [0.15, 0.2) is 6.61 Å². The van der Waals surface area contributed by atoms with Crippen LogP contribution in [-0.4, -0.2) is 24.0 Å². The number of rotatable bonds is 5. The van der Waals surface area contributed by atoms with Gasteiger partial charge in [-0.3, -0.25) is 9.59 Å². The molecule has 0 radical (unpaired) electrons. The molecule has 0 aliphatic rings. The first kappa shape index (κ1) is 21.5. The largest absolute Gasteiger partial charge is 0.484 e. The van der Waals surface area contributed by atoms with Crippen LogP contribution >= 0.6 is 0 Å². The second-order valence-electron chi connectivity index (χ2n) is 8.89. The Morgan fingerprint density at radius 3 is 1.93 bits per heavy atom. The van der Waals surface area contributed by atoms with Crippen LogP contribution in [0.5, 0.6) is 5.75 Å². The third-order valence-electron chi connectivity index (χ3n) is 4.01. The molecule has 0 fully saturated rings.